The van der Waals surface area contributed by atoms with Crippen molar-refractivity contribution in [3.63, 3.8) is 0 Å². The number of pyridine rings is 1. The Morgan fingerprint density at radius 3 is 2.55 bits per heavy atom. The summed E-state index contributed by atoms with van der Waals surface area (Å²) in [6, 6.07) is 14.8. The molecule has 0 spiro atoms. The van der Waals surface area contributed by atoms with Crippen LogP contribution in [-0.4, -0.2) is 45.6 Å². The highest BCUT2D eigenvalue weighted by molar-refractivity contribution is 6.42. The van der Waals surface area contributed by atoms with E-state index in [1.54, 1.807) is 48.4 Å². The second kappa shape index (κ2) is 10.8. The van der Waals surface area contributed by atoms with Gasteiger partial charge in [-0.15, -0.1) is 0 Å². The fraction of sp³-hybridized carbons (Fsp3) is 0.250. The van der Waals surface area contributed by atoms with Gasteiger partial charge in [0, 0.05) is 54.0 Å². The summed E-state index contributed by atoms with van der Waals surface area (Å²) in [6.07, 6.45) is 3.21. The van der Waals surface area contributed by atoms with Crippen molar-refractivity contribution in [3.8, 4) is 23.3 Å². The molecule has 1 fully saturated rings. The molecule has 0 saturated carbocycles. The van der Waals surface area contributed by atoms with Crippen LogP contribution in [0.15, 0.2) is 59.4 Å². The average Bonchev–Trinajstić information content (AvgIpc) is 3.57. The number of aromatic nitrogens is 3. The van der Waals surface area contributed by atoms with Crippen LogP contribution in [0.2, 0.25) is 10.0 Å². The van der Waals surface area contributed by atoms with Gasteiger partial charge in [-0.05, 0) is 55.8 Å². The summed E-state index contributed by atoms with van der Waals surface area (Å²) >= 11 is 12.6. The van der Waals surface area contributed by atoms with Crippen LogP contribution >= 0.6 is 23.2 Å². The van der Waals surface area contributed by atoms with Crippen LogP contribution in [0.5, 0.6) is 5.75 Å². The number of carbonyl (C=O) groups is 1. The molecule has 8 nitrogen and oxygen atoms in total. The van der Waals surface area contributed by atoms with Crippen molar-refractivity contribution in [3.05, 3.63) is 93.0 Å². The lowest BCUT2D eigenvalue weighted by Gasteiger charge is -2.22. The molecule has 2 aromatic carbocycles. The fourth-order valence-electron chi connectivity index (χ4n) is 4.83. The first-order chi connectivity index (χ1) is 18.4. The number of nitriles is 1. The molecule has 38 heavy (non-hydrogen) atoms. The molecule has 1 amide bonds. The van der Waals surface area contributed by atoms with E-state index in [1.807, 2.05) is 19.1 Å². The zero-order chi connectivity index (χ0) is 26.8. The van der Waals surface area contributed by atoms with Gasteiger partial charge in [0.2, 0.25) is 0 Å². The number of likely N-dealkylation sites (tertiary alicyclic amines) is 1. The van der Waals surface area contributed by atoms with Crippen LogP contribution in [0.25, 0.3) is 11.5 Å². The summed E-state index contributed by atoms with van der Waals surface area (Å²) in [4.78, 5) is 24.0. The predicted octanol–water partition coefficient (Wildman–Crippen LogP) is 6.04. The third kappa shape index (κ3) is 4.95. The zero-order valence-corrected chi connectivity index (χ0v) is 22.2. The lowest BCUT2D eigenvalue weighted by molar-refractivity contribution is 0.0789. The number of rotatable bonds is 6. The predicted molar refractivity (Wildman–Crippen MR) is 142 cm³/mol. The van der Waals surface area contributed by atoms with Gasteiger partial charge >= 0.3 is 0 Å². The molecule has 5 rings (SSSR count). The van der Waals surface area contributed by atoms with Crippen molar-refractivity contribution in [2.24, 2.45) is 0 Å². The van der Waals surface area contributed by atoms with E-state index in [0.717, 1.165) is 16.7 Å². The van der Waals surface area contributed by atoms with Gasteiger partial charge in [-0.3, -0.25) is 9.78 Å². The number of hydrogen-bond acceptors (Lipinski definition) is 7. The quantitative estimate of drug-likeness (QED) is 0.289. The second-order valence-corrected chi connectivity index (χ2v) is 9.79. The molecule has 0 bridgehead atoms. The summed E-state index contributed by atoms with van der Waals surface area (Å²) in [7, 11) is 0. The van der Waals surface area contributed by atoms with Crippen molar-refractivity contribution >= 4 is 29.1 Å². The molecule has 1 saturated heterocycles. The summed E-state index contributed by atoms with van der Waals surface area (Å²) in [5.74, 6) is 1.01. The summed E-state index contributed by atoms with van der Waals surface area (Å²) in [5.41, 5.74) is 3.34. The van der Waals surface area contributed by atoms with E-state index in [4.69, 9.17) is 32.5 Å². The number of nitrogens with zero attached hydrogens (tertiary/aromatic N) is 5. The number of ether oxygens (including phenoxy) is 1. The maximum atomic E-state index is 13.6. The number of amides is 1. The molecular weight excluding hydrogens is 525 g/mol. The highest BCUT2D eigenvalue weighted by Gasteiger charge is 2.39. The number of halogens is 2. The Hall–Kier alpha value is -3.93. The van der Waals surface area contributed by atoms with E-state index in [9.17, 15) is 10.1 Å². The Morgan fingerprint density at radius 1 is 1.13 bits per heavy atom. The highest BCUT2D eigenvalue weighted by atomic mass is 35.5. The molecule has 192 valence electrons. The van der Waals surface area contributed by atoms with Gasteiger partial charge in [0.25, 0.3) is 11.8 Å². The third-order valence-corrected chi connectivity index (χ3v) is 7.36. The van der Waals surface area contributed by atoms with Crippen molar-refractivity contribution < 1.29 is 14.1 Å². The Kier molecular flexibility index (Phi) is 7.32. The average molecular weight is 548 g/mol. The van der Waals surface area contributed by atoms with Gasteiger partial charge < -0.3 is 14.2 Å². The zero-order valence-electron chi connectivity index (χ0n) is 20.7. The minimum Gasteiger partial charge on any atom is -0.492 e. The first-order valence-electron chi connectivity index (χ1n) is 12.0. The van der Waals surface area contributed by atoms with E-state index < -0.39 is 0 Å². The van der Waals surface area contributed by atoms with Gasteiger partial charge in [-0.2, -0.15) is 10.2 Å². The normalized spacial score (nSPS) is 16.9. The van der Waals surface area contributed by atoms with Gasteiger partial charge in [-0.1, -0.05) is 34.4 Å². The first kappa shape index (κ1) is 25.7. The van der Waals surface area contributed by atoms with Gasteiger partial charge in [0.05, 0.1) is 16.7 Å². The second-order valence-electron chi connectivity index (χ2n) is 8.97. The minimum absolute atomic E-state index is 0.117. The van der Waals surface area contributed by atoms with Gasteiger partial charge in [0.1, 0.15) is 17.4 Å². The summed E-state index contributed by atoms with van der Waals surface area (Å²) < 4.78 is 11.1. The van der Waals surface area contributed by atoms with Crippen LogP contribution in [0.3, 0.4) is 0 Å². The van der Waals surface area contributed by atoms with Crippen molar-refractivity contribution in [1.29, 1.82) is 5.26 Å². The van der Waals surface area contributed by atoms with Crippen molar-refractivity contribution in [1.82, 2.24) is 20.0 Å². The smallest absolute Gasteiger partial charge is 0.257 e. The highest BCUT2D eigenvalue weighted by Crippen LogP contribution is 2.45. The van der Waals surface area contributed by atoms with E-state index in [1.165, 1.54) is 6.20 Å². The van der Waals surface area contributed by atoms with E-state index in [2.05, 4.69) is 21.2 Å². The number of aryl methyl sites for hydroxylation is 1. The maximum absolute atomic E-state index is 13.6. The lowest BCUT2D eigenvalue weighted by atomic mass is 9.84. The molecule has 3 heterocycles. The number of carbonyl (C=O) groups excluding carboxylic acids is 1. The van der Waals surface area contributed by atoms with Crippen LogP contribution in [0, 0.1) is 18.3 Å². The number of hydrogen-bond donors (Lipinski definition) is 0. The SMILES string of the molecule is CCOc1c(C#N)cncc1C1CN(C(=O)c2ccc(-c3nc(C)no3)cc2)CC1c1ccc(Cl)c(Cl)c1. The monoisotopic (exact) mass is 547 g/mol. The molecule has 1 aliphatic rings. The van der Waals surface area contributed by atoms with Gasteiger partial charge in [0.15, 0.2) is 5.82 Å². The Balaban J connectivity index is 1.50. The van der Waals surface area contributed by atoms with Crippen LogP contribution in [0.4, 0.5) is 0 Å². The Morgan fingerprint density at radius 2 is 1.89 bits per heavy atom. The Labute approximate surface area is 229 Å². The van der Waals surface area contributed by atoms with Crippen molar-refractivity contribution in [2.45, 2.75) is 25.7 Å². The largest absolute Gasteiger partial charge is 0.492 e. The molecule has 10 heteroatoms. The topological polar surface area (TPSA) is 105 Å². The molecular formula is C28H23Cl2N5O3. The molecule has 1 aliphatic heterocycles. The lowest BCUT2D eigenvalue weighted by Crippen LogP contribution is -2.28. The summed E-state index contributed by atoms with van der Waals surface area (Å²) in [6.45, 7) is 4.85. The standard InChI is InChI=1S/C28H23Cl2N5O3/c1-3-37-26-20(11-31)12-32-13-21(26)23-15-35(14-22(23)19-8-9-24(29)25(30)10-19)28(36)18-6-4-17(5-7-18)27-33-16(2)34-38-27/h4-10,12-13,22-23H,3,14-15H2,1-2H3. The first-order valence-corrected chi connectivity index (χ1v) is 12.8. The van der Waals surface area contributed by atoms with E-state index in [-0.39, 0.29) is 17.7 Å². The van der Waals surface area contributed by atoms with Crippen LogP contribution < -0.4 is 4.74 Å². The molecule has 0 aliphatic carbocycles. The number of benzene rings is 2. The molecule has 2 aromatic heterocycles. The molecule has 0 N–H and O–H groups in total. The molecule has 2 atom stereocenters. The minimum atomic E-state index is -0.181. The Bertz CT molecular complexity index is 1530. The fourth-order valence-corrected chi connectivity index (χ4v) is 5.14. The van der Waals surface area contributed by atoms with Gasteiger partial charge in [-0.25, -0.2) is 0 Å². The summed E-state index contributed by atoms with van der Waals surface area (Å²) in [5, 5.41) is 14.4. The molecule has 2 unspecified atom stereocenters. The van der Waals surface area contributed by atoms with Crippen LogP contribution in [0.1, 0.15) is 51.6 Å². The third-order valence-electron chi connectivity index (χ3n) is 6.62. The van der Waals surface area contributed by atoms with Crippen LogP contribution in [-0.2, 0) is 0 Å². The van der Waals surface area contributed by atoms with E-state index in [0.29, 0.717) is 58.3 Å². The molecule has 4 aromatic rings. The molecule has 0 radical (unpaired) electrons. The van der Waals surface area contributed by atoms with Crippen molar-refractivity contribution in [2.75, 3.05) is 19.7 Å². The maximum Gasteiger partial charge on any atom is 0.257 e. The van der Waals surface area contributed by atoms with E-state index >= 15 is 0 Å².